The van der Waals surface area contributed by atoms with Gasteiger partial charge in [-0.05, 0) is 49.1 Å². The monoisotopic (exact) mass is 411 g/mol. The molecule has 142 valence electrons. The van der Waals surface area contributed by atoms with Crippen LogP contribution in [0.5, 0.6) is 5.75 Å². The summed E-state index contributed by atoms with van der Waals surface area (Å²) >= 11 is 2.55. The molecule has 0 unspecified atom stereocenters. The van der Waals surface area contributed by atoms with Crippen LogP contribution in [-0.4, -0.2) is 32.1 Å². The lowest BCUT2D eigenvalue weighted by molar-refractivity contribution is 0.0988. The van der Waals surface area contributed by atoms with Crippen LogP contribution in [0, 0.1) is 6.92 Å². The number of para-hydroxylation sites is 1. The van der Waals surface area contributed by atoms with E-state index < -0.39 is 0 Å². The van der Waals surface area contributed by atoms with Gasteiger partial charge < -0.3 is 4.74 Å². The van der Waals surface area contributed by atoms with Crippen LogP contribution in [0.4, 0.5) is 5.13 Å². The van der Waals surface area contributed by atoms with Gasteiger partial charge >= 0.3 is 0 Å². The van der Waals surface area contributed by atoms with E-state index in [1.807, 2.05) is 37.3 Å². The maximum absolute atomic E-state index is 13.3. The third-order valence-corrected chi connectivity index (χ3v) is 5.92. The average Bonchev–Trinajstić information content (AvgIpc) is 3.33. The second-order valence-corrected chi connectivity index (χ2v) is 7.74. The van der Waals surface area contributed by atoms with Crippen molar-refractivity contribution in [2.75, 3.05) is 11.5 Å². The number of carbonyl (C=O) groups excluding carboxylic acids is 1. The highest BCUT2D eigenvalue weighted by atomic mass is 32.1. The van der Waals surface area contributed by atoms with Crippen LogP contribution in [0.1, 0.15) is 27.9 Å². The summed E-state index contributed by atoms with van der Waals surface area (Å²) in [6.45, 7) is 4.62. The molecule has 0 radical (unpaired) electrons. The summed E-state index contributed by atoms with van der Waals surface area (Å²) in [5, 5.41) is 4.57. The van der Waals surface area contributed by atoms with Gasteiger partial charge in [-0.3, -0.25) is 14.7 Å². The molecule has 0 saturated carbocycles. The molecular weight excluding hydrogens is 394 g/mol. The molecule has 0 atom stereocenters. The van der Waals surface area contributed by atoms with Crippen molar-refractivity contribution >= 4 is 44.1 Å². The number of aromatic nitrogens is 4. The first-order valence-electron chi connectivity index (χ1n) is 8.69. The van der Waals surface area contributed by atoms with Crippen LogP contribution in [0.3, 0.4) is 0 Å². The van der Waals surface area contributed by atoms with Gasteiger partial charge in [-0.25, -0.2) is 4.98 Å². The van der Waals surface area contributed by atoms with Crippen LogP contribution >= 0.6 is 22.9 Å². The van der Waals surface area contributed by atoms with Crippen molar-refractivity contribution in [2.45, 2.75) is 20.4 Å². The number of pyridine rings is 1. The Hall–Kier alpha value is -2.91. The van der Waals surface area contributed by atoms with Crippen LogP contribution in [0.15, 0.2) is 42.7 Å². The third-order valence-electron chi connectivity index (χ3n) is 4.06. The SMILES string of the molecule is CCOc1cccc2sc(N(Cc3cccnc3)C(=O)c3snnc3C)nc12. The van der Waals surface area contributed by atoms with Gasteiger partial charge in [0.05, 0.1) is 23.5 Å². The molecule has 1 amide bonds. The predicted molar refractivity (Wildman–Crippen MR) is 110 cm³/mol. The number of fused-ring (bicyclic) bond motifs is 1. The molecule has 0 N–H and O–H groups in total. The van der Waals surface area contributed by atoms with Crippen molar-refractivity contribution < 1.29 is 9.53 Å². The zero-order valence-corrected chi connectivity index (χ0v) is 17.0. The van der Waals surface area contributed by atoms with Gasteiger partial charge in [0.15, 0.2) is 5.13 Å². The van der Waals surface area contributed by atoms with E-state index in [9.17, 15) is 4.79 Å². The molecule has 0 aliphatic carbocycles. The second kappa shape index (κ2) is 7.99. The Morgan fingerprint density at radius 3 is 2.86 bits per heavy atom. The van der Waals surface area contributed by atoms with E-state index >= 15 is 0 Å². The van der Waals surface area contributed by atoms with Gasteiger partial charge in [-0.2, -0.15) is 0 Å². The summed E-state index contributed by atoms with van der Waals surface area (Å²) in [4.78, 5) is 24.3. The Balaban J connectivity index is 1.78. The summed E-state index contributed by atoms with van der Waals surface area (Å²) < 4.78 is 10.6. The molecule has 0 fully saturated rings. The highest BCUT2D eigenvalue weighted by molar-refractivity contribution is 7.22. The van der Waals surface area contributed by atoms with Crippen LogP contribution in [0.25, 0.3) is 10.2 Å². The molecule has 4 rings (SSSR count). The highest BCUT2D eigenvalue weighted by Gasteiger charge is 2.26. The van der Waals surface area contributed by atoms with E-state index in [4.69, 9.17) is 9.72 Å². The fraction of sp³-hybridized carbons (Fsp3) is 0.211. The fourth-order valence-corrected chi connectivity index (χ4v) is 4.34. The molecule has 3 heterocycles. The van der Waals surface area contributed by atoms with Crippen molar-refractivity contribution in [3.8, 4) is 5.75 Å². The number of amides is 1. The van der Waals surface area contributed by atoms with Gasteiger partial charge in [-0.1, -0.05) is 28.0 Å². The molecule has 3 aromatic heterocycles. The predicted octanol–water partition coefficient (Wildman–Crippen LogP) is 4.10. The quantitative estimate of drug-likeness (QED) is 0.475. The van der Waals surface area contributed by atoms with E-state index in [-0.39, 0.29) is 5.91 Å². The van der Waals surface area contributed by atoms with Crippen molar-refractivity contribution in [3.63, 3.8) is 0 Å². The standard InChI is InChI=1S/C19H17N5O2S2/c1-3-26-14-7-4-8-15-16(14)21-19(27-15)24(11-13-6-5-9-20-10-13)18(25)17-12(2)22-23-28-17/h4-10H,3,11H2,1-2H3. The van der Waals surface area contributed by atoms with Gasteiger partial charge in [0, 0.05) is 12.4 Å². The average molecular weight is 412 g/mol. The maximum atomic E-state index is 13.3. The van der Waals surface area contributed by atoms with Crippen molar-refractivity contribution in [2.24, 2.45) is 0 Å². The van der Waals surface area contributed by atoms with E-state index in [1.165, 1.54) is 11.3 Å². The highest BCUT2D eigenvalue weighted by Crippen LogP contribution is 2.35. The summed E-state index contributed by atoms with van der Waals surface area (Å²) in [6.07, 6.45) is 3.45. The number of carbonyl (C=O) groups is 1. The zero-order chi connectivity index (χ0) is 19.5. The number of hydrogen-bond donors (Lipinski definition) is 0. The lowest BCUT2D eigenvalue weighted by Gasteiger charge is -2.19. The maximum Gasteiger partial charge on any atom is 0.274 e. The summed E-state index contributed by atoms with van der Waals surface area (Å²) in [7, 11) is 0. The Morgan fingerprint density at radius 2 is 2.14 bits per heavy atom. The molecule has 9 heteroatoms. The second-order valence-electron chi connectivity index (χ2n) is 5.97. The minimum atomic E-state index is -0.173. The number of thiazole rings is 1. The molecule has 1 aromatic carbocycles. The molecular formula is C19H17N5O2S2. The molecule has 0 saturated heterocycles. The normalized spacial score (nSPS) is 10.9. The molecule has 28 heavy (non-hydrogen) atoms. The molecule has 7 nitrogen and oxygen atoms in total. The van der Waals surface area contributed by atoms with Crippen molar-refractivity contribution in [1.29, 1.82) is 0 Å². The number of ether oxygens (including phenoxy) is 1. The first-order chi connectivity index (χ1) is 13.7. The minimum absolute atomic E-state index is 0.173. The van der Waals surface area contributed by atoms with E-state index in [0.29, 0.717) is 34.6 Å². The summed E-state index contributed by atoms with van der Waals surface area (Å²) in [6, 6.07) is 9.58. The molecule has 0 aliphatic heterocycles. The number of benzene rings is 1. The molecule has 0 aliphatic rings. The molecule has 0 spiro atoms. The Labute approximate surface area is 169 Å². The summed E-state index contributed by atoms with van der Waals surface area (Å²) in [5.41, 5.74) is 2.28. The van der Waals surface area contributed by atoms with Gasteiger partial charge in [0.1, 0.15) is 16.1 Å². The van der Waals surface area contributed by atoms with E-state index in [1.54, 1.807) is 24.2 Å². The summed E-state index contributed by atoms with van der Waals surface area (Å²) in [5.74, 6) is 0.542. The van der Waals surface area contributed by atoms with Gasteiger partial charge in [0.25, 0.3) is 5.91 Å². The number of rotatable bonds is 6. The minimum Gasteiger partial charge on any atom is -0.492 e. The van der Waals surface area contributed by atoms with Crippen molar-refractivity contribution in [3.05, 3.63) is 58.9 Å². The third kappa shape index (κ3) is 3.58. The largest absolute Gasteiger partial charge is 0.492 e. The topological polar surface area (TPSA) is 81.1 Å². The Kier molecular flexibility index (Phi) is 5.27. The number of hydrogen-bond acceptors (Lipinski definition) is 8. The van der Waals surface area contributed by atoms with Gasteiger partial charge in [0.2, 0.25) is 0 Å². The van der Waals surface area contributed by atoms with Crippen LogP contribution in [0.2, 0.25) is 0 Å². The van der Waals surface area contributed by atoms with Crippen molar-refractivity contribution in [1.82, 2.24) is 19.6 Å². The first-order valence-corrected chi connectivity index (χ1v) is 10.3. The Bertz CT molecular complexity index is 1110. The molecule has 0 bridgehead atoms. The lowest BCUT2D eigenvalue weighted by atomic mass is 10.2. The Morgan fingerprint density at radius 1 is 1.25 bits per heavy atom. The van der Waals surface area contributed by atoms with E-state index in [2.05, 4.69) is 14.6 Å². The number of aryl methyl sites for hydroxylation is 1. The molecule has 4 aromatic rings. The number of nitrogens with zero attached hydrogens (tertiary/aromatic N) is 5. The first kappa shape index (κ1) is 18.5. The van der Waals surface area contributed by atoms with E-state index in [0.717, 1.165) is 27.3 Å². The number of anilines is 1. The lowest BCUT2D eigenvalue weighted by Crippen LogP contribution is -2.30. The fourth-order valence-electron chi connectivity index (χ4n) is 2.75. The van der Waals surface area contributed by atoms with Crippen LogP contribution in [-0.2, 0) is 6.54 Å². The van der Waals surface area contributed by atoms with Gasteiger partial charge in [-0.15, -0.1) is 5.10 Å². The smallest absolute Gasteiger partial charge is 0.274 e. The zero-order valence-electron chi connectivity index (χ0n) is 15.3. The van der Waals surface area contributed by atoms with Crippen LogP contribution < -0.4 is 9.64 Å².